The van der Waals surface area contributed by atoms with E-state index in [0.717, 1.165) is 17.3 Å². The summed E-state index contributed by atoms with van der Waals surface area (Å²) in [4.78, 5) is 9.67. The van der Waals surface area contributed by atoms with Crippen molar-refractivity contribution in [1.29, 1.82) is 0 Å². The largest absolute Gasteiger partial charge is 0.378 e. The molecule has 0 unspecified atom stereocenters. The topological polar surface area (TPSA) is 83.8 Å². The lowest BCUT2D eigenvalue weighted by atomic mass is 10.2. The Morgan fingerprint density at radius 3 is 2.74 bits per heavy atom. The molecule has 1 aromatic heterocycles. The minimum Gasteiger partial charge on any atom is -0.378 e. The summed E-state index contributed by atoms with van der Waals surface area (Å²) in [5.74, 6) is -2.09. The fourth-order valence-corrected chi connectivity index (χ4v) is 1.56. The molecule has 2 N–H and O–H groups in total. The fraction of sp³-hybridized carbons (Fsp3) is 0.182. The van der Waals surface area contributed by atoms with Gasteiger partial charge in [0.1, 0.15) is 5.82 Å². The molecule has 0 atom stereocenters. The van der Waals surface area contributed by atoms with Gasteiger partial charge in [-0.05, 0) is 6.92 Å². The van der Waals surface area contributed by atoms with E-state index in [1.54, 1.807) is 13.1 Å². The summed E-state index contributed by atoms with van der Waals surface area (Å²) >= 11 is 0. The van der Waals surface area contributed by atoms with Crippen LogP contribution < -0.4 is 5.32 Å². The molecule has 8 heteroatoms. The van der Waals surface area contributed by atoms with E-state index < -0.39 is 22.2 Å². The standard InChI is InChI=1S/C11H10F2N4O2/c1-6-7(5-15-16-6)4-14-10-3-11(17(18)19)9(13)2-8(10)12/h2-3,5,14H,4H2,1H3,(H,15,16). The highest BCUT2D eigenvalue weighted by Crippen LogP contribution is 2.25. The van der Waals surface area contributed by atoms with Gasteiger partial charge in [0.25, 0.3) is 0 Å². The molecule has 0 aliphatic carbocycles. The summed E-state index contributed by atoms with van der Waals surface area (Å²) in [5.41, 5.74) is 0.678. The molecule has 0 saturated carbocycles. The van der Waals surface area contributed by atoms with Gasteiger partial charge in [0.2, 0.25) is 5.82 Å². The molecule has 0 aliphatic rings. The third kappa shape index (κ3) is 2.67. The van der Waals surface area contributed by atoms with Crippen LogP contribution in [-0.2, 0) is 6.54 Å². The number of hydrogen-bond donors (Lipinski definition) is 2. The molecule has 0 amide bonds. The van der Waals surface area contributed by atoms with Crippen LogP contribution in [-0.4, -0.2) is 15.1 Å². The third-order valence-electron chi connectivity index (χ3n) is 2.64. The van der Waals surface area contributed by atoms with Crippen molar-refractivity contribution in [3.63, 3.8) is 0 Å². The molecule has 0 fully saturated rings. The molecule has 19 heavy (non-hydrogen) atoms. The van der Waals surface area contributed by atoms with Crippen molar-refractivity contribution in [2.75, 3.05) is 5.32 Å². The summed E-state index contributed by atoms with van der Waals surface area (Å²) in [6.45, 7) is 2.01. The lowest BCUT2D eigenvalue weighted by Crippen LogP contribution is -2.04. The first-order valence-electron chi connectivity index (χ1n) is 5.35. The number of H-pyrrole nitrogens is 1. The monoisotopic (exact) mass is 268 g/mol. The molecule has 0 aliphatic heterocycles. The minimum absolute atomic E-state index is 0.131. The van der Waals surface area contributed by atoms with Crippen LogP contribution in [0.4, 0.5) is 20.2 Å². The molecule has 100 valence electrons. The van der Waals surface area contributed by atoms with Gasteiger partial charge in [0.15, 0.2) is 0 Å². The Morgan fingerprint density at radius 2 is 2.16 bits per heavy atom. The van der Waals surface area contributed by atoms with Crippen molar-refractivity contribution < 1.29 is 13.7 Å². The lowest BCUT2D eigenvalue weighted by Gasteiger charge is -2.07. The number of aromatic amines is 1. The Kier molecular flexibility index (Phi) is 3.41. The first kappa shape index (κ1) is 12.9. The van der Waals surface area contributed by atoms with Crippen molar-refractivity contribution in [1.82, 2.24) is 10.2 Å². The van der Waals surface area contributed by atoms with E-state index in [4.69, 9.17) is 0 Å². The van der Waals surface area contributed by atoms with Gasteiger partial charge in [0, 0.05) is 29.9 Å². The number of halogens is 2. The summed E-state index contributed by atoms with van der Waals surface area (Å²) in [6, 6.07) is 1.32. The van der Waals surface area contributed by atoms with E-state index in [2.05, 4.69) is 15.5 Å². The first-order valence-corrected chi connectivity index (χ1v) is 5.35. The number of benzene rings is 1. The molecule has 1 aromatic carbocycles. The van der Waals surface area contributed by atoms with Crippen molar-refractivity contribution in [3.05, 3.63) is 51.3 Å². The Labute approximate surface area is 106 Å². The predicted molar refractivity (Wildman–Crippen MR) is 63.7 cm³/mol. The van der Waals surface area contributed by atoms with Gasteiger partial charge in [-0.1, -0.05) is 0 Å². The molecule has 0 bridgehead atoms. The number of hydrogen-bond acceptors (Lipinski definition) is 4. The van der Waals surface area contributed by atoms with Crippen LogP contribution in [0.25, 0.3) is 0 Å². The first-order chi connectivity index (χ1) is 8.99. The molecule has 2 aromatic rings. The summed E-state index contributed by atoms with van der Waals surface area (Å²) < 4.78 is 26.6. The van der Waals surface area contributed by atoms with Crippen LogP contribution in [0, 0.1) is 28.7 Å². The van der Waals surface area contributed by atoms with Crippen molar-refractivity contribution in [2.45, 2.75) is 13.5 Å². The Morgan fingerprint density at radius 1 is 1.42 bits per heavy atom. The zero-order chi connectivity index (χ0) is 14.0. The summed E-state index contributed by atoms with van der Waals surface area (Å²) in [6.07, 6.45) is 1.55. The second-order valence-corrected chi connectivity index (χ2v) is 3.91. The quantitative estimate of drug-likeness (QED) is 0.659. The number of nitro groups is 1. The number of aryl methyl sites for hydroxylation is 1. The highest BCUT2D eigenvalue weighted by atomic mass is 19.1. The zero-order valence-corrected chi connectivity index (χ0v) is 9.91. The van der Waals surface area contributed by atoms with Gasteiger partial charge in [-0.3, -0.25) is 15.2 Å². The second-order valence-electron chi connectivity index (χ2n) is 3.91. The number of rotatable bonds is 4. The van der Waals surface area contributed by atoms with Crippen molar-refractivity contribution in [2.24, 2.45) is 0 Å². The summed E-state index contributed by atoms with van der Waals surface area (Å²) in [7, 11) is 0. The van der Waals surface area contributed by atoms with Crippen molar-refractivity contribution in [3.8, 4) is 0 Å². The van der Waals surface area contributed by atoms with Gasteiger partial charge in [0.05, 0.1) is 16.8 Å². The number of nitro benzene ring substituents is 1. The molecule has 0 radical (unpaired) electrons. The van der Waals surface area contributed by atoms with Crippen LogP contribution >= 0.6 is 0 Å². The van der Waals surface area contributed by atoms with Crippen LogP contribution in [0.3, 0.4) is 0 Å². The molecule has 0 saturated heterocycles. The Balaban J connectivity index is 2.23. The number of nitrogens with zero attached hydrogens (tertiary/aromatic N) is 2. The predicted octanol–water partition coefficient (Wildman–Crippen LogP) is 2.52. The molecular formula is C11H10F2N4O2. The molecule has 2 rings (SSSR count). The van der Waals surface area contributed by atoms with Gasteiger partial charge in [-0.15, -0.1) is 0 Å². The van der Waals surface area contributed by atoms with E-state index in [0.29, 0.717) is 6.07 Å². The van der Waals surface area contributed by atoms with Crippen LogP contribution in [0.15, 0.2) is 18.3 Å². The summed E-state index contributed by atoms with van der Waals surface area (Å²) in [5, 5.41) is 19.7. The lowest BCUT2D eigenvalue weighted by molar-refractivity contribution is -0.387. The van der Waals surface area contributed by atoms with Gasteiger partial charge >= 0.3 is 5.69 Å². The maximum atomic E-state index is 13.5. The maximum absolute atomic E-state index is 13.5. The number of nitrogens with one attached hydrogen (secondary N) is 2. The van der Waals surface area contributed by atoms with Gasteiger partial charge in [-0.2, -0.15) is 9.49 Å². The molecule has 0 spiro atoms. The van der Waals surface area contributed by atoms with E-state index in [-0.39, 0.29) is 12.2 Å². The molecular weight excluding hydrogens is 258 g/mol. The van der Waals surface area contributed by atoms with E-state index in [1.165, 1.54) is 0 Å². The van der Waals surface area contributed by atoms with Crippen LogP contribution in [0.1, 0.15) is 11.3 Å². The van der Waals surface area contributed by atoms with E-state index in [9.17, 15) is 18.9 Å². The normalized spacial score (nSPS) is 10.5. The van der Waals surface area contributed by atoms with Crippen LogP contribution in [0.2, 0.25) is 0 Å². The zero-order valence-electron chi connectivity index (χ0n) is 9.91. The van der Waals surface area contributed by atoms with E-state index >= 15 is 0 Å². The number of anilines is 1. The maximum Gasteiger partial charge on any atom is 0.307 e. The molecule has 6 nitrogen and oxygen atoms in total. The fourth-order valence-electron chi connectivity index (χ4n) is 1.56. The second kappa shape index (κ2) is 5.01. The Bertz CT molecular complexity index is 627. The average molecular weight is 268 g/mol. The smallest absolute Gasteiger partial charge is 0.307 e. The third-order valence-corrected chi connectivity index (χ3v) is 2.64. The SMILES string of the molecule is Cc1[nH]ncc1CNc1cc([N+](=O)[O-])c(F)cc1F. The average Bonchev–Trinajstić information content (AvgIpc) is 2.73. The van der Waals surface area contributed by atoms with Crippen molar-refractivity contribution >= 4 is 11.4 Å². The van der Waals surface area contributed by atoms with Crippen LogP contribution in [0.5, 0.6) is 0 Å². The highest BCUT2D eigenvalue weighted by molar-refractivity contribution is 5.53. The Hall–Kier alpha value is -2.51. The van der Waals surface area contributed by atoms with Gasteiger partial charge < -0.3 is 5.32 Å². The highest BCUT2D eigenvalue weighted by Gasteiger charge is 2.18. The van der Waals surface area contributed by atoms with E-state index in [1.807, 2.05) is 0 Å². The van der Waals surface area contributed by atoms with Gasteiger partial charge in [-0.25, -0.2) is 4.39 Å². The minimum atomic E-state index is -1.20. The molecule has 1 heterocycles. The number of aromatic nitrogens is 2.